The number of piperazine rings is 1. The zero-order chi connectivity index (χ0) is 21.2. The number of amides is 2. The maximum absolute atomic E-state index is 12.9. The quantitative estimate of drug-likeness (QED) is 0.744. The van der Waals surface area contributed by atoms with Gasteiger partial charge < -0.3 is 9.80 Å². The molecule has 2 heterocycles. The zero-order valence-corrected chi connectivity index (χ0v) is 18.3. The molecule has 0 aromatic heterocycles. The SMILES string of the molecule is CC(=O)N1CCC[C@H](C(=O)N2CCN(S(=O)(=O)c3ccc(C(C)C)cc3)CC2)C1. The van der Waals surface area contributed by atoms with Crippen molar-refractivity contribution in [1.82, 2.24) is 14.1 Å². The summed E-state index contributed by atoms with van der Waals surface area (Å²) in [6, 6.07) is 7.06. The summed E-state index contributed by atoms with van der Waals surface area (Å²) in [6.45, 7) is 8.22. The fraction of sp³-hybridized carbons (Fsp3) is 0.619. The Kier molecular flexibility index (Phi) is 6.63. The molecule has 0 radical (unpaired) electrons. The van der Waals surface area contributed by atoms with E-state index in [0.29, 0.717) is 50.1 Å². The van der Waals surface area contributed by atoms with E-state index >= 15 is 0 Å². The fourth-order valence-corrected chi connectivity index (χ4v) is 5.47. The van der Waals surface area contributed by atoms with Gasteiger partial charge in [-0.05, 0) is 36.5 Å². The minimum absolute atomic E-state index is 0.00176. The van der Waals surface area contributed by atoms with Crippen molar-refractivity contribution in [1.29, 1.82) is 0 Å². The highest BCUT2D eigenvalue weighted by molar-refractivity contribution is 7.89. The number of hydrogen-bond acceptors (Lipinski definition) is 4. The molecule has 1 aromatic rings. The van der Waals surface area contributed by atoms with E-state index in [4.69, 9.17) is 0 Å². The third kappa shape index (κ3) is 4.80. The molecule has 2 fully saturated rings. The zero-order valence-electron chi connectivity index (χ0n) is 17.5. The molecular formula is C21H31N3O4S. The van der Waals surface area contributed by atoms with Gasteiger partial charge in [-0.25, -0.2) is 8.42 Å². The summed E-state index contributed by atoms with van der Waals surface area (Å²) in [5.74, 6) is 0.204. The molecule has 0 N–H and O–H groups in total. The normalized spacial score (nSPS) is 21.4. The number of nitrogens with zero attached hydrogens (tertiary/aromatic N) is 3. The van der Waals surface area contributed by atoms with Crippen LogP contribution < -0.4 is 0 Å². The smallest absolute Gasteiger partial charge is 0.243 e. The molecule has 7 nitrogen and oxygen atoms in total. The van der Waals surface area contributed by atoms with Crippen molar-refractivity contribution in [2.45, 2.75) is 44.4 Å². The first-order valence-corrected chi connectivity index (χ1v) is 11.8. The molecule has 2 aliphatic heterocycles. The number of likely N-dealkylation sites (tertiary alicyclic amines) is 1. The standard InChI is InChI=1S/C21H31N3O4S/c1-16(2)18-6-8-20(9-7-18)29(27,28)24-13-11-22(12-14-24)21(26)19-5-4-10-23(15-19)17(3)25/h6-9,16,19H,4-5,10-15H2,1-3H3/t19-/m0/s1. The van der Waals surface area contributed by atoms with Gasteiger partial charge in [-0.15, -0.1) is 0 Å². The van der Waals surface area contributed by atoms with Crippen LogP contribution in [0, 0.1) is 5.92 Å². The number of rotatable bonds is 4. The predicted octanol–water partition coefficient (Wildman–Crippen LogP) is 1.90. The Morgan fingerprint density at radius 2 is 1.59 bits per heavy atom. The molecule has 0 saturated carbocycles. The summed E-state index contributed by atoms with van der Waals surface area (Å²) in [5, 5.41) is 0. The van der Waals surface area contributed by atoms with Gasteiger partial charge in [-0.1, -0.05) is 26.0 Å². The molecule has 3 rings (SSSR count). The first-order valence-electron chi connectivity index (χ1n) is 10.3. The molecular weight excluding hydrogens is 390 g/mol. The monoisotopic (exact) mass is 421 g/mol. The van der Waals surface area contributed by atoms with Gasteiger partial charge in [-0.2, -0.15) is 4.31 Å². The molecule has 1 aromatic carbocycles. The maximum Gasteiger partial charge on any atom is 0.243 e. The third-order valence-electron chi connectivity index (χ3n) is 5.95. The number of sulfonamides is 1. The minimum atomic E-state index is -3.56. The molecule has 8 heteroatoms. The van der Waals surface area contributed by atoms with E-state index in [0.717, 1.165) is 18.4 Å². The van der Waals surface area contributed by atoms with Gasteiger partial charge in [0, 0.05) is 46.2 Å². The van der Waals surface area contributed by atoms with E-state index < -0.39 is 10.0 Å². The Hall–Kier alpha value is -1.93. The van der Waals surface area contributed by atoms with Crippen LogP contribution >= 0.6 is 0 Å². The van der Waals surface area contributed by atoms with Gasteiger partial charge in [0.25, 0.3) is 0 Å². The van der Waals surface area contributed by atoms with E-state index in [2.05, 4.69) is 13.8 Å². The molecule has 0 unspecified atom stereocenters. The number of hydrogen-bond donors (Lipinski definition) is 0. The Balaban J connectivity index is 1.60. The average molecular weight is 422 g/mol. The van der Waals surface area contributed by atoms with Gasteiger partial charge in [0.15, 0.2) is 0 Å². The van der Waals surface area contributed by atoms with Crippen LogP contribution in [0.3, 0.4) is 0 Å². The van der Waals surface area contributed by atoms with E-state index in [9.17, 15) is 18.0 Å². The lowest BCUT2D eigenvalue weighted by Crippen LogP contribution is -2.53. The number of piperidine rings is 1. The largest absolute Gasteiger partial charge is 0.342 e. The van der Waals surface area contributed by atoms with Crippen molar-refractivity contribution in [2.75, 3.05) is 39.3 Å². The molecule has 160 valence electrons. The van der Waals surface area contributed by atoms with Crippen LogP contribution in [0.2, 0.25) is 0 Å². The third-order valence-corrected chi connectivity index (χ3v) is 7.86. The van der Waals surface area contributed by atoms with Crippen LogP contribution in [0.4, 0.5) is 0 Å². The van der Waals surface area contributed by atoms with Crippen LogP contribution in [0.25, 0.3) is 0 Å². The van der Waals surface area contributed by atoms with Crippen LogP contribution in [0.5, 0.6) is 0 Å². The highest BCUT2D eigenvalue weighted by Crippen LogP contribution is 2.23. The Labute approximate surface area is 173 Å². The van der Waals surface area contributed by atoms with Crippen LogP contribution in [0.1, 0.15) is 45.1 Å². The summed E-state index contributed by atoms with van der Waals surface area (Å²) in [7, 11) is -3.56. The van der Waals surface area contributed by atoms with E-state index in [1.807, 2.05) is 12.1 Å². The summed E-state index contributed by atoms with van der Waals surface area (Å²) < 4.78 is 27.3. The molecule has 1 atom stereocenters. The second-order valence-corrected chi connectivity index (χ2v) is 10.2. The van der Waals surface area contributed by atoms with Gasteiger partial charge in [0.2, 0.25) is 21.8 Å². The summed E-state index contributed by atoms with van der Waals surface area (Å²) in [5.41, 5.74) is 1.10. The Morgan fingerprint density at radius 3 is 2.14 bits per heavy atom. The molecule has 2 amide bonds. The number of carbonyl (C=O) groups is 2. The van der Waals surface area contributed by atoms with Crippen molar-refractivity contribution >= 4 is 21.8 Å². The topological polar surface area (TPSA) is 78.0 Å². The van der Waals surface area contributed by atoms with Gasteiger partial charge in [-0.3, -0.25) is 9.59 Å². The van der Waals surface area contributed by atoms with E-state index in [1.54, 1.807) is 21.9 Å². The highest BCUT2D eigenvalue weighted by atomic mass is 32.2. The first kappa shape index (κ1) is 21.8. The molecule has 2 saturated heterocycles. The van der Waals surface area contributed by atoms with Crippen molar-refractivity contribution in [3.8, 4) is 0 Å². The summed E-state index contributed by atoms with van der Waals surface area (Å²) >= 11 is 0. The lowest BCUT2D eigenvalue weighted by atomic mass is 9.96. The lowest BCUT2D eigenvalue weighted by molar-refractivity contribution is -0.141. The average Bonchev–Trinajstić information content (AvgIpc) is 2.73. The summed E-state index contributed by atoms with van der Waals surface area (Å²) in [4.78, 5) is 28.3. The second-order valence-electron chi connectivity index (χ2n) is 8.26. The Morgan fingerprint density at radius 1 is 0.966 bits per heavy atom. The first-order chi connectivity index (χ1) is 13.7. The summed E-state index contributed by atoms with van der Waals surface area (Å²) in [6.07, 6.45) is 1.61. The van der Waals surface area contributed by atoms with Crippen LogP contribution in [-0.2, 0) is 19.6 Å². The predicted molar refractivity (Wildman–Crippen MR) is 111 cm³/mol. The fourth-order valence-electron chi connectivity index (χ4n) is 4.05. The van der Waals surface area contributed by atoms with Gasteiger partial charge in [0.1, 0.15) is 0 Å². The molecule has 0 spiro atoms. The van der Waals surface area contributed by atoms with Crippen LogP contribution in [-0.4, -0.2) is 73.6 Å². The molecule has 0 bridgehead atoms. The van der Waals surface area contributed by atoms with Crippen LogP contribution in [0.15, 0.2) is 29.2 Å². The van der Waals surface area contributed by atoms with Gasteiger partial charge in [0.05, 0.1) is 10.8 Å². The molecule has 0 aliphatic carbocycles. The molecule has 2 aliphatic rings. The van der Waals surface area contributed by atoms with Crippen molar-refractivity contribution in [3.05, 3.63) is 29.8 Å². The van der Waals surface area contributed by atoms with E-state index in [-0.39, 0.29) is 17.7 Å². The Bertz CT molecular complexity index is 843. The number of carbonyl (C=O) groups excluding carboxylic acids is 2. The van der Waals surface area contributed by atoms with Crippen molar-refractivity contribution in [2.24, 2.45) is 5.92 Å². The van der Waals surface area contributed by atoms with Crippen molar-refractivity contribution < 1.29 is 18.0 Å². The molecule has 29 heavy (non-hydrogen) atoms. The minimum Gasteiger partial charge on any atom is -0.342 e. The van der Waals surface area contributed by atoms with E-state index in [1.165, 1.54) is 11.2 Å². The maximum atomic E-state index is 12.9. The highest BCUT2D eigenvalue weighted by Gasteiger charge is 2.34. The van der Waals surface area contributed by atoms with Gasteiger partial charge >= 0.3 is 0 Å². The second kappa shape index (κ2) is 8.83. The number of benzene rings is 1. The lowest BCUT2D eigenvalue weighted by Gasteiger charge is -2.38. The van der Waals surface area contributed by atoms with Crippen molar-refractivity contribution in [3.63, 3.8) is 0 Å².